The second kappa shape index (κ2) is 4.41. The fourth-order valence-electron chi connectivity index (χ4n) is 1.77. The first-order valence-electron chi connectivity index (χ1n) is 5.63. The first-order chi connectivity index (χ1) is 9.24. The number of hydrogen-bond acceptors (Lipinski definition) is 4. The predicted molar refractivity (Wildman–Crippen MR) is 69.9 cm³/mol. The lowest BCUT2D eigenvalue weighted by Gasteiger charge is -2.02. The number of aromatic nitrogens is 3. The SMILES string of the molecule is O=C(Nc1nc2ccccc2[nH]1)c1ccncc1O. The maximum absolute atomic E-state index is 12.0. The summed E-state index contributed by atoms with van der Waals surface area (Å²) in [7, 11) is 0. The van der Waals surface area contributed by atoms with Gasteiger partial charge in [0, 0.05) is 6.20 Å². The molecule has 2 aromatic heterocycles. The molecule has 3 aromatic rings. The molecule has 1 amide bonds. The molecule has 3 N–H and O–H groups in total. The number of amides is 1. The third kappa shape index (κ3) is 2.11. The van der Waals surface area contributed by atoms with Crippen LogP contribution in [0, 0.1) is 0 Å². The standard InChI is InChI=1S/C13H10N4O2/c18-11-7-14-6-5-8(11)12(19)17-13-15-9-3-1-2-4-10(9)16-13/h1-7,18H,(H2,15,16,17,19). The summed E-state index contributed by atoms with van der Waals surface area (Å²) in [5, 5.41) is 12.1. The van der Waals surface area contributed by atoms with E-state index in [0.717, 1.165) is 11.0 Å². The number of para-hydroxylation sites is 2. The second-order valence-electron chi connectivity index (χ2n) is 3.95. The van der Waals surface area contributed by atoms with Crippen molar-refractivity contribution < 1.29 is 9.90 Å². The van der Waals surface area contributed by atoms with E-state index in [4.69, 9.17) is 0 Å². The first kappa shape index (κ1) is 11.2. The zero-order valence-corrected chi connectivity index (χ0v) is 9.79. The van der Waals surface area contributed by atoms with Crippen molar-refractivity contribution >= 4 is 22.9 Å². The van der Waals surface area contributed by atoms with Crippen molar-refractivity contribution in [3.05, 3.63) is 48.3 Å². The minimum Gasteiger partial charge on any atom is -0.505 e. The number of carbonyl (C=O) groups is 1. The van der Waals surface area contributed by atoms with Gasteiger partial charge in [0.2, 0.25) is 5.95 Å². The Labute approximate surface area is 108 Å². The highest BCUT2D eigenvalue weighted by Gasteiger charge is 2.12. The predicted octanol–water partition coefficient (Wildman–Crippen LogP) is 1.92. The van der Waals surface area contributed by atoms with Crippen LogP contribution in [0.2, 0.25) is 0 Å². The molecule has 0 aliphatic heterocycles. The molecule has 2 heterocycles. The number of hydrogen-bond donors (Lipinski definition) is 3. The summed E-state index contributed by atoms with van der Waals surface area (Å²) < 4.78 is 0. The van der Waals surface area contributed by atoms with Gasteiger partial charge in [-0.3, -0.25) is 15.1 Å². The Bertz CT molecular complexity index is 718. The van der Waals surface area contributed by atoms with Gasteiger partial charge in [0.25, 0.3) is 5.91 Å². The van der Waals surface area contributed by atoms with Crippen LogP contribution in [0.25, 0.3) is 11.0 Å². The fraction of sp³-hybridized carbons (Fsp3) is 0. The van der Waals surface area contributed by atoms with E-state index in [1.54, 1.807) is 0 Å². The van der Waals surface area contributed by atoms with Crippen molar-refractivity contribution in [2.75, 3.05) is 5.32 Å². The topological polar surface area (TPSA) is 90.9 Å². The van der Waals surface area contributed by atoms with Crippen LogP contribution in [-0.2, 0) is 0 Å². The number of aromatic hydroxyl groups is 1. The van der Waals surface area contributed by atoms with E-state index < -0.39 is 5.91 Å². The van der Waals surface area contributed by atoms with Crippen molar-refractivity contribution in [2.24, 2.45) is 0 Å². The minimum absolute atomic E-state index is 0.149. The van der Waals surface area contributed by atoms with E-state index in [1.165, 1.54) is 18.5 Å². The maximum atomic E-state index is 12.0. The molecule has 0 saturated carbocycles. The normalized spacial score (nSPS) is 10.5. The van der Waals surface area contributed by atoms with Crippen LogP contribution in [0.4, 0.5) is 5.95 Å². The highest BCUT2D eigenvalue weighted by atomic mass is 16.3. The molecule has 0 bridgehead atoms. The Morgan fingerprint density at radius 1 is 1.26 bits per heavy atom. The number of pyridine rings is 1. The van der Waals surface area contributed by atoms with Gasteiger partial charge in [-0.1, -0.05) is 12.1 Å². The molecule has 19 heavy (non-hydrogen) atoms. The van der Waals surface area contributed by atoms with Gasteiger partial charge < -0.3 is 10.1 Å². The minimum atomic E-state index is -0.445. The Morgan fingerprint density at radius 2 is 2.11 bits per heavy atom. The molecule has 6 nitrogen and oxygen atoms in total. The van der Waals surface area contributed by atoms with E-state index in [2.05, 4.69) is 20.3 Å². The van der Waals surface area contributed by atoms with E-state index >= 15 is 0 Å². The summed E-state index contributed by atoms with van der Waals surface area (Å²) in [5.41, 5.74) is 1.74. The summed E-state index contributed by atoms with van der Waals surface area (Å²) >= 11 is 0. The molecular formula is C13H10N4O2. The first-order valence-corrected chi connectivity index (χ1v) is 5.63. The third-order valence-corrected chi connectivity index (χ3v) is 2.67. The van der Waals surface area contributed by atoms with E-state index in [0.29, 0.717) is 5.95 Å². The quantitative estimate of drug-likeness (QED) is 0.651. The van der Waals surface area contributed by atoms with Gasteiger partial charge in [0.05, 0.1) is 22.8 Å². The molecule has 1 aromatic carbocycles. The van der Waals surface area contributed by atoms with Crippen molar-refractivity contribution in [2.45, 2.75) is 0 Å². The van der Waals surface area contributed by atoms with Crippen molar-refractivity contribution in [3.63, 3.8) is 0 Å². The Balaban J connectivity index is 1.89. The monoisotopic (exact) mass is 254 g/mol. The van der Waals surface area contributed by atoms with Crippen molar-refractivity contribution in [3.8, 4) is 5.75 Å². The van der Waals surface area contributed by atoms with Crippen LogP contribution in [0.15, 0.2) is 42.7 Å². The molecule has 94 valence electrons. The van der Waals surface area contributed by atoms with E-state index in [-0.39, 0.29) is 11.3 Å². The smallest absolute Gasteiger partial charge is 0.261 e. The number of carbonyl (C=O) groups excluding carboxylic acids is 1. The average Bonchev–Trinajstić information content (AvgIpc) is 2.81. The van der Waals surface area contributed by atoms with E-state index in [9.17, 15) is 9.90 Å². The zero-order valence-electron chi connectivity index (χ0n) is 9.79. The maximum Gasteiger partial charge on any atom is 0.261 e. The number of H-pyrrole nitrogens is 1. The number of nitrogens with zero attached hydrogens (tertiary/aromatic N) is 2. The lowest BCUT2D eigenvalue weighted by atomic mass is 10.2. The number of aromatic amines is 1. The van der Waals surface area contributed by atoms with Crippen LogP contribution in [-0.4, -0.2) is 26.0 Å². The number of anilines is 1. The van der Waals surface area contributed by atoms with Crippen LogP contribution >= 0.6 is 0 Å². The molecule has 0 aliphatic carbocycles. The van der Waals surface area contributed by atoms with Crippen LogP contribution in [0.3, 0.4) is 0 Å². The lowest BCUT2D eigenvalue weighted by molar-refractivity contribution is 0.102. The molecule has 6 heteroatoms. The highest BCUT2D eigenvalue weighted by Crippen LogP contribution is 2.17. The van der Waals surface area contributed by atoms with Gasteiger partial charge in [-0.15, -0.1) is 0 Å². The van der Waals surface area contributed by atoms with Gasteiger partial charge in [-0.25, -0.2) is 4.98 Å². The van der Waals surface area contributed by atoms with Crippen LogP contribution in [0.5, 0.6) is 5.75 Å². The zero-order chi connectivity index (χ0) is 13.2. The molecule has 0 radical (unpaired) electrons. The summed E-state index contributed by atoms with van der Waals surface area (Å²) in [5.74, 6) is -0.280. The van der Waals surface area contributed by atoms with Gasteiger partial charge in [-0.2, -0.15) is 0 Å². The Morgan fingerprint density at radius 3 is 2.89 bits per heavy atom. The largest absolute Gasteiger partial charge is 0.505 e. The van der Waals surface area contributed by atoms with Gasteiger partial charge in [0.1, 0.15) is 5.75 Å². The summed E-state index contributed by atoms with van der Waals surface area (Å²) in [6, 6.07) is 8.88. The molecule has 0 aliphatic rings. The van der Waals surface area contributed by atoms with Crippen LogP contribution < -0.4 is 5.32 Å². The van der Waals surface area contributed by atoms with Gasteiger partial charge >= 0.3 is 0 Å². The van der Waals surface area contributed by atoms with Gasteiger partial charge in [0.15, 0.2) is 0 Å². The lowest BCUT2D eigenvalue weighted by Crippen LogP contribution is -2.13. The summed E-state index contributed by atoms with van der Waals surface area (Å²) in [4.78, 5) is 22.9. The number of imidazole rings is 1. The number of nitrogens with one attached hydrogen (secondary N) is 2. The molecule has 0 atom stereocenters. The fourth-order valence-corrected chi connectivity index (χ4v) is 1.77. The van der Waals surface area contributed by atoms with Crippen LogP contribution in [0.1, 0.15) is 10.4 Å². The Kier molecular flexibility index (Phi) is 2.60. The number of fused-ring (bicyclic) bond motifs is 1. The molecule has 0 spiro atoms. The molecule has 0 unspecified atom stereocenters. The molecule has 3 rings (SSSR count). The third-order valence-electron chi connectivity index (χ3n) is 2.67. The van der Waals surface area contributed by atoms with Crippen molar-refractivity contribution in [1.29, 1.82) is 0 Å². The van der Waals surface area contributed by atoms with Gasteiger partial charge in [-0.05, 0) is 18.2 Å². The number of benzene rings is 1. The summed E-state index contributed by atoms with van der Waals surface area (Å²) in [6.07, 6.45) is 2.65. The molecule has 0 fully saturated rings. The summed E-state index contributed by atoms with van der Waals surface area (Å²) in [6.45, 7) is 0. The average molecular weight is 254 g/mol. The highest BCUT2D eigenvalue weighted by molar-refractivity contribution is 6.05. The molecular weight excluding hydrogens is 244 g/mol. The number of rotatable bonds is 2. The Hall–Kier alpha value is -2.89. The van der Waals surface area contributed by atoms with Crippen molar-refractivity contribution in [1.82, 2.24) is 15.0 Å². The second-order valence-corrected chi connectivity index (χ2v) is 3.95. The molecule has 0 saturated heterocycles. The van der Waals surface area contributed by atoms with E-state index in [1.807, 2.05) is 24.3 Å².